The lowest BCUT2D eigenvalue weighted by Gasteiger charge is -2.18. The first-order valence-electron chi connectivity index (χ1n) is 6.32. The molecule has 0 saturated heterocycles. The van der Waals surface area contributed by atoms with Gasteiger partial charge in [-0.25, -0.2) is 13.1 Å². The minimum absolute atomic E-state index is 0.192. The molecule has 0 saturated carbocycles. The second-order valence-corrected chi connectivity index (χ2v) is 7.54. The zero-order chi connectivity index (χ0) is 14.5. The summed E-state index contributed by atoms with van der Waals surface area (Å²) in [5.74, 6) is 0. The maximum atomic E-state index is 11.9. The van der Waals surface area contributed by atoms with Crippen molar-refractivity contribution in [3.05, 3.63) is 29.8 Å². The average molecular weight is 285 g/mol. The summed E-state index contributed by atoms with van der Waals surface area (Å²) in [5, 5.41) is 0. The van der Waals surface area contributed by atoms with Crippen LogP contribution in [-0.4, -0.2) is 28.7 Å². The average Bonchev–Trinajstić information content (AvgIpc) is 2.27. The van der Waals surface area contributed by atoms with Crippen LogP contribution in [0.4, 0.5) is 0 Å². The second kappa shape index (κ2) is 6.50. The number of hydrogen-bond acceptors (Lipinski definition) is 3. The van der Waals surface area contributed by atoms with Crippen molar-refractivity contribution in [2.75, 3.05) is 20.3 Å². The SMILES string of the molecule is COCCNS(=O)(=O)c1ccc(CC(C)(C)C)cc1. The lowest BCUT2D eigenvalue weighted by molar-refractivity contribution is 0.204. The first-order valence-corrected chi connectivity index (χ1v) is 7.80. The number of methoxy groups -OCH3 is 1. The highest BCUT2D eigenvalue weighted by molar-refractivity contribution is 7.89. The van der Waals surface area contributed by atoms with Crippen LogP contribution >= 0.6 is 0 Å². The van der Waals surface area contributed by atoms with Crippen LogP contribution in [0.15, 0.2) is 29.2 Å². The van der Waals surface area contributed by atoms with Crippen LogP contribution in [-0.2, 0) is 21.2 Å². The van der Waals surface area contributed by atoms with Gasteiger partial charge >= 0.3 is 0 Å². The van der Waals surface area contributed by atoms with E-state index in [1.165, 1.54) is 7.11 Å². The van der Waals surface area contributed by atoms with Crippen molar-refractivity contribution in [1.29, 1.82) is 0 Å². The van der Waals surface area contributed by atoms with Gasteiger partial charge in [0, 0.05) is 13.7 Å². The zero-order valence-corrected chi connectivity index (χ0v) is 12.9. The topological polar surface area (TPSA) is 55.4 Å². The summed E-state index contributed by atoms with van der Waals surface area (Å²) < 4.78 is 31.2. The summed E-state index contributed by atoms with van der Waals surface area (Å²) in [6.07, 6.45) is 0.921. The molecule has 108 valence electrons. The van der Waals surface area contributed by atoms with E-state index in [1.54, 1.807) is 12.1 Å². The van der Waals surface area contributed by atoms with Crippen molar-refractivity contribution in [3.8, 4) is 0 Å². The molecule has 1 rings (SSSR count). The first-order chi connectivity index (χ1) is 8.74. The zero-order valence-electron chi connectivity index (χ0n) is 12.1. The van der Waals surface area contributed by atoms with Crippen LogP contribution in [0.3, 0.4) is 0 Å². The van der Waals surface area contributed by atoms with E-state index in [-0.39, 0.29) is 12.0 Å². The quantitative estimate of drug-likeness (QED) is 0.815. The van der Waals surface area contributed by atoms with Gasteiger partial charge in [-0.05, 0) is 29.5 Å². The number of sulfonamides is 1. The van der Waals surface area contributed by atoms with Gasteiger partial charge in [-0.3, -0.25) is 0 Å². The third-order valence-corrected chi connectivity index (χ3v) is 4.04. The molecule has 1 N–H and O–H groups in total. The molecule has 0 amide bonds. The maximum absolute atomic E-state index is 11.9. The summed E-state index contributed by atoms with van der Waals surface area (Å²) in [6.45, 7) is 7.11. The lowest BCUT2D eigenvalue weighted by Crippen LogP contribution is -2.27. The van der Waals surface area contributed by atoms with E-state index in [1.807, 2.05) is 12.1 Å². The summed E-state index contributed by atoms with van der Waals surface area (Å²) in [5.41, 5.74) is 1.33. The summed E-state index contributed by atoms with van der Waals surface area (Å²) in [7, 11) is -1.89. The summed E-state index contributed by atoms with van der Waals surface area (Å²) >= 11 is 0. The van der Waals surface area contributed by atoms with Gasteiger partial charge in [0.25, 0.3) is 0 Å². The Bertz CT molecular complexity index is 486. The van der Waals surface area contributed by atoms with E-state index in [0.717, 1.165) is 12.0 Å². The third-order valence-electron chi connectivity index (χ3n) is 2.57. The molecule has 1 aromatic carbocycles. The van der Waals surface area contributed by atoms with Crippen molar-refractivity contribution in [2.24, 2.45) is 5.41 Å². The molecular weight excluding hydrogens is 262 g/mol. The lowest BCUT2D eigenvalue weighted by atomic mass is 9.88. The van der Waals surface area contributed by atoms with Crippen molar-refractivity contribution in [1.82, 2.24) is 4.72 Å². The standard InChI is InChI=1S/C14H23NO3S/c1-14(2,3)11-12-5-7-13(8-6-12)19(16,17)15-9-10-18-4/h5-8,15H,9-11H2,1-4H3. The Labute approximate surface area is 116 Å². The number of ether oxygens (including phenoxy) is 1. The molecule has 5 heteroatoms. The minimum atomic E-state index is -3.42. The fourth-order valence-corrected chi connectivity index (χ4v) is 2.77. The van der Waals surface area contributed by atoms with Crippen molar-refractivity contribution in [2.45, 2.75) is 32.1 Å². The maximum Gasteiger partial charge on any atom is 0.240 e. The molecule has 0 aliphatic heterocycles. The molecule has 0 fully saturated rings. The van der Waals surface area contributed by atoms with Crippen LogP contribution in [0.5, 0.6) is 0 Å². The highest BCUT2D eigenvalue weighted by Gasteiger charge is 2.15. The fraction of sp³-hybridized carbons (Fsp3) is 0.571. The van der Waals surface area contributed by atoms with Crippen LogP contribution in [0.2, 0.25) is 0 Å². The van der Waals surface area contributed by atoms with E-state index in [0.29, 0.717) is 11.5 Å². The predicted molar refractivity (Wildman–Crippen MR) is 76.7 cm³/mol. The van der Waals surface area contributed by atoms with E-state index in [2.05, 4.69) is 25.5 Å². The van der Waals surface area contributed by atoms with Gasteiger partial charge in [0.15, 0.2) is 0 Å². The molecule has 4 nitrogen and oxygen atoms in total. The van der Waals surface area contributed by atoms with Gasteiger partial charge in [0.2, 0.25) is 10.0 Å². The van der Waals surface area contributed by atoms with Gasteiger partial charge < -0.3 is 4.74 Å². The molecule has 0 atom stereocenters. The Morgan fingerprint density at radius 3 is 2.21 bits per heavy atom. The molecule has 0 aromatic heterocycles. The molecule has 0 spiro atoms. The van der Waals surface area contributed by atoms with E-state index in [4.69, 9.17) is 4.74 Å². The molecule has 19 heavy (non-hydrogen) atoms. The molecule has 0 radical (unpaired) electrons. The minimum Gasteiger partial charge on any atom is -0.383 e. The largest absolute Gasteiger partial charge is 0.383 e. The van der Waals surface area contributed by atoms with E-state index in [9.17, 15) is 8.42 Å². The highest BCUT2D eigenvalue weighted by Crippen LogP contribution is 2.21. The van der Waals surface area contributed by atoms with Crippen LogP contribution in [0.1, 0.15) is 26.3 Å². The Morgan fingerprint density at radius 1 is 1.16 bits per heavy atom. The van der Waals surface area contributed by atoms with Crippen LogP contribution in [0.25, 0.3) is 0 Å². The monoisotopic (exact) mass is 285 g/mol. The molecule has 0 heterocycles. The van der Waals surface area contributed by atoms with Gasteiger partial charge in [0.1, 0.15) is 0 Å². The highest BCUT2D eigenvalue weighted by atomic mass is 32.2. The molecular formula is C14H23NO3S. The number of nitrogens with one attached hydrogen (secondary N) is 1. The van der Waals surface area contributed by atoms with Gasteiger partial charge in [0.05, 0.1) is 11.5 Å². The van der Waals surface area contributed by atoms with Gasteiger partial charge in [-0.2, -0.15) is 0 Å². The summed E-state index contributed by atoms with van der Waals surface area (Å²) in [6, 6.07) is 7.04. The number of benzene rings is 1. The first kappa shape index (κ1) is 16.1. The Morgan fingerprint density at radius 2 is 1.74 bits per heavy atom. The van der Waals surface area contributed by atoms with Gasteiger partial charge in [-0.15, -0.1) is 0 Å². The van der Waals surface area contributed by atoms with E-state index >= 15 is 0 Å². The van der Waals surface area contributed by atoms with E-state index < -0.39 is 10.0 Å². The molecule has 1 aromatic rings. The second-order valence-electron chi connectivity index (χ2n) is 5.77. The molecule has 0 aliphatic carbocycles. The van der Waals surface area contributed by atoms with Crippen LogP contribution in [0, 0.1) is 5.41 Å². The molecule has 0 unspecified atom stereocenters. The number of hydrogen-bond donors (Lipinski definition) is 1. The fourth-order valence-electron chi connectivity index (χ4n) is 1.76. The van der Waals surface area contributed by atoms with Crippen molar-refractivity contribution < 1.29 is 13.2 Å². The van der Waals surface area contributed by atoms with Gasteiger partial charge in [-0.1, -0.05) is 32.9 Å². The Hall–Kier alpha value is -0.910. The number of rotatable bonds is 6. The predicted octanol–water partition coefficient (Wildman–Crippen LogP) is 2.20. The Balaban J connectivity index is 2.75. The smallest absolute Gasteiger partial charge is 0.240 e. The van der Waals surface area contributed by atoms with Crippen molar-refractivity contribution in [3.63, 3.8) is 0 Å². The summed E-state index contributed by atoms with van der Waals surface area (Å²) in [4.78, 5) is 0.293. The Kier molecular flexibility index (Phi) is 5.52. The normalized spacial score (nSPS) is 12.6. The van der Waals surface area contributed by atoms with Crippen LogP contribution < -0.4 is 4.72 Å². The molecule has 0 bridgehead atoms. The van der Waals surface area contributed by atoms with Crippen molar-refractivity contribution >= 4 is 10.0 Å². The molecule has 0 aliphatic rings. The third kappa shape index (κ3) is 5.72.